The van der Waals surface area contributed by atoms with Crippen molar-refractivity contribution in [1.29, 1.82) is 0 Å². The number of hydrogen-bond acceptors (Lipinski definition) is 5. The van der Waals surface area contributed by atoms with Crippen molar-refractivity contribution < 1.29 is 4.79 Å². The highest BCUT2D eigenvalue weighted by Crippen LogP contribution is 2.57. The van der Waals surface area contributed by atoms with Crippen LogP contribution < -0.4 is 4.90 Å². The third kappa shape index (κ3) is 2.98. The molecular formula is C21H25N5OS. The third-order valence-electron chi connectivity index (χ3n) is 6.43. The van der Waals surface area contributed by atoms with E-state index in [1.54, 1.807) is 18.3 Å². The van der Waals surface area contributed by atoms with E-state index in [0.29, 0.717) is 6.04 Å². The van der Waals surface area contributed by atoms with Crippen molar-refractivity contribution >= 4 is 34.1 Å². The largest absolute Gasteiger partial charge is 0.356 e. The number of nitrogens with one attached hydrogen (secondary N) is 1. The molecule has 1 unspecified atom stereocenters. The lowest BCUT2D eigenvalue weighted by molar-refractivity contribution is -0.130. The minimum absolute atomic E-state index is 0.191. The summed E-state index contributed by atoms with van der Waals surface area (Å²) in [4.78, 5) is 29.2. The van der Waals surface area contributed by atoms with Gasteiger partial charge >= 0.3 is 0 Å². The number of fused-ring (bicyclic) bond motifs is 1. The number of rotatable bonds is 4. The number of hydrogen-bond donors (Lipinski definition) is 1. The van der Waals surface area contributed by atoms with Crippen molar-refractivity contribution in [3.05, 3.63) is 40.5 Å². The molecule has 1 spiro atoms. The first-order valence-corrected chi connectivity index (χ1v) is 10.8. The van der Waals surface area contributed by atoms with Gasteiger partial charge in [0.05, 0.1) is 5.39 Å². The van der Waals surface area contributed by atoms with Crippen LogP contribution in [0.25, 0.3) is 11.0 Å². The Morgan fingerprint density at radius 1 is 1.36 bits per heavy atom. The van der Waals surface area contributed by atoms with E-state index < -0.39 is 0 Å². The van der Waals surface area contributed by atoms with Crippen molar-refractivity contribution in [2.24, 2.45) is 5.41 Å². The van der Waals surface area contributed by atoms with Crippen LogP contribution in [0.1, 0.15) is 37.6 Å². The predicted octanol–water partition coefficient (Wildman–Crippen LogP) is 3.74. The van der Waals surface area contributed by atoms with Crippen LogP contribution in [0.3, 0.4) is 0 Å². The van der Waals surface area contributed by atoms with Gasteiger partial charge in [0.15, 0.2) is 0 Å². The number of aryl methyl sites for hydroxylation is 1. The van der Waals surface area contributed by atoms with Crippen LogP contribution in [0.4, 0.5) is 5.82 Å². The lowest BCUT2D eigenvalue weighted by atomic mass is 9.92. The number of carbonyl (C=O) groups excluding carboxylic acids is 1. The Labute approximate surface area is 168 Å². The van der Waals surface area contributed by atoms with Gasteiger partial charge in [-0.15, -0.1) is 0 Å². The molecule has 0 radical (unpaired) electrons. The first-order valence-electron chi connectivity index (χ1n) is 9.91. The van der Waals surface area contributed by atoms with Gasteiger partial charge in [0.25, 0.3) is 0 Å². The summed E-state index contributed by atoms with van der Waals surface area (Å²) in [5.41, 5.74) is 2.44. The summed E-state index contributed by atoms with van der Waals surface area (Å²) in [6, 6.07) is 4.57. The van der Waals surface area contributed by atoms with E-state index in [0.717, 1.165) is 61.6 Å². The molecule has 4 heterocycles. The zero-order valence-corrected chi connectivity index (χ0v) is 17.1. The van der Waals surface area contributed by atoms with Gasteiger partial charge in [0.2, 0.25) is 5.91 Å². The second-order valence-corrected chi connectivity index (χ2v) is 8.96. The molecule has 1 saturated heterocycles. The molecule has 1 atom stereocenters. The van der Waals surface area contributed by atoms with E-state index >= 15 is 0 Å². The van der Waals surface area contributed by atoms with Gasteiger partial charge < -0.3 is 14.8 Å². The quantitative estimate of drug-likeness (QED) is 0.731. The van der Waals surface area contributed by atoms with E-state index in [4.69, 9.17) is 4.98 Å². The summed E-state index contributed by atoms with van der Waals surface area (Å²) < 4.78 is 0. The van der Waals surface area contributed by atoms with Crippen LogP contribution >= 0.6 is 11.3 Å². The molecule has 28 heavy (non-hydrogen) atoms. The molecule has 7 heteroatoms. The van der Waals surface area contributed by atoms with Gasteiger partial charge in [-0.05, 0) is 60.1 Å². The van der Waals surface area contributed by atoms with Crippen LogP contribution in [-0.2, 0) is 11.3 Å². The Morgan fingerprint density at radius 2 is 2.18 bits per heavy atom. The number of carbonyl (C=O) groups is 1. The highest BCUT2D eigenvalue weighted by molar-refractivity contribution is 7.07. The zero-order chi connectivity index (χ0) is 19.3. The summed E-state index contributed by atoms with van der Waals surface area (Å²) >= 11 is 1.69. The Bertz CT molecular complexity index is 1000. The van der Waals surface area contributed by atoms with E-state index in [1.807, 2.05) is 13.1 Å². The van der Waals surface area contributed by atoms with E-state index in [-0.39, 0.29) is 11.3 Å². The van der Waals surface area contributed by atoms with Crippen LogP contribution in [0.15, 0.2) is 29.1 Å². The molecule has 1 saturated carbocycles. The Morgan fingerprint density at radius 3 is 2.89 bits per heavy atom. The molecule has 0 aromatic carbocycles. The summed E-state index contributed by atoms with van der Waals surface area (Å²) in [7, 11) is 0. The fourth-order valence-corrected chi connectivity index (χ4v) is 5.42. The van der Waals surface area contributed by atoms with Crippen molar-refractivity contribution in [3.63, 3.8) is 0 Å². The molecule has 1 amide bonds. The van der Waals surface area contributed by atoms with Gasteiger partial charge in [-0.25, -0.2) is 9.97 Å². The Hall–Kier alpha value is -2.41. The van der Waals surface area contributed by atoms with Gasteiger partial charge in [0, 0.05) is 38.8 Å². The van der Waals surface area contributed by atoms with Crippen LogP contribution in [0, 0.1) is 12.3 Å². The van der Waals surface area contributed by atoms with Crippen molar-refractivity contribution in [3.8, 4) is 0 Å². The monoisotopic (exact) mass is 395 g/mol. The number of anilines is 1. The molecule has 2 fully saturated rings. The smallest absolute Gasteiger partial charge is 0.220 e. The molecule has 1 N–H and O–H groups in total. The normalized spacial score (nSPS) is 20.6. The fraction of sp³-hybridized carbons (Fsp3) is 0.476. The third-order valence-corrected chi connectivity index (χ3v) is 7.16. The Kier molecular flexibility index (Phi) is 4.16. The average molecular weight is 396 g/mol. The lowest BCUT2D eigenvalue weighted by Gasteiger charge is -2.35. The lowest BCUT2D eigenvalue weighted by Crippen LogP contribution is -2.40. The maximum Gasteiger partial charge on any atom is 0.220 e. The number of H-pyrrole nitrogens is 1. The number of nitrogens with zero attached hydrogens (tertiary/aromatic N) is 4. The van der Waals surface area contributed by atoms with Crippen LogP contribution in [0.5, 0.6) is 0 Å². The van der Waals surface area contributed by atoms with E-state index in [2.05, 4.69) is 42.7 Å². The zero-order valence-electron chi connectivity index (χ0n) is 16.3. The summed E-state index contributed by atoms with van der Waals surface area (Å²) in [5.74, 6) is 2.03. The first-order chi connectivity index (χ1) is 13.6. The van der Waals surface area contributed by atoms with Gasteiger partial charge in [-0.3, -0.25) is 4.79 Å². The summed E-state index contributed by atoms with van der Waals surface area (Å²) in [6.07, 6.45) is 5.28. The van der Waals surface area contributed by atoms with Gasteiger partial charge in [-0.1, -0.05) is 0 Å². The number of thiophene rings is 1. The second-order valence-electron chi connectivity index (χ2n) is 8.18. The molecule has 3 aromatic rings. The number of amides is 1. The summed E-state index contributed by atoms with van der Waals surface area (Å²) in [6.45, 7) is 6.36. The van der Waals surface area contributed by atoms with Crippen LogP contribution in [0.2, 0.25) is 0 Å². The minimum atomic E-state index is 0.191. The van der Waals surface area contributed by atoms with Crippen molar-refractivity contribution in [2.45, 2.75) is 45.7 Å². The maximum absolute atomic E-state index is 12.3. The van der Waals surface area contributed by atoms with Gasteiger partial charge in [-0.2, -0.15) is 11.3 Å². The highest BCUT2D eigenvalue weighted by atomic mass is 32.1. The summed E-state index contributed by atoms with van der Waals surface area (Å²) in [5, 5.41) is 5.32. The van der Waals surface area contributed by atoms with E-state index in [1.165, 1.54) is 5.56 Å². The molecule has 0 bridgehead atoms. The maximum atomic E-state index is 12.3. The molecule has 6 nitrogen and oxygen atoms in total. The number of piperidine rings is 1. The number of aromatic nitrogens is 3. The SMILES string of the molecule is CC(=O)N(Cc1ccsc1)C1CC12CCN(c1nc(C)nc3[nH]ccc13)CC2. The molecule has 146 valence electrons. The average Bonchev–Trinajstić information content (AvgIpc) is 3.08. The standard InChI is InChI=1S/C21H25N5OS/c1-14-23-19-17(3-7-22-19)20(24-14)25-8-5-21(6-9-25)11-18(21)26(15(2)27)12-16-4-10-28-13-16/h3-4,7,10,13,18H,5-6,8-9,11-12H2,1-2H3,(H,22,23,24). The minimum Gasteiger partial charge on any atom is -0.356 e. The second kappa shape index (κ2) is 6.58. The van der Waals surface area contributed by atoms with Gasteiger partial charge in [0.1, 0.15) is 17.3 Å². The first kappa shape index (κ1) is 17.7. The molecule has 5 rings (SSSR count). The highest BCUT2D eigenvalue weighted by Gasteiger charge is 2.58. The topological polar surface area (TPSA) is 65.1 Å². The van der Waals surface area contributed by atoms with Crippen molar-refractivity contribution in [2.75, 3.05) is 18.0 Å². The van der Waals surface area contributed by atoms with E-state index in [9.17, 15) is 4.79 Å². The molecule has 1 aliphatic heterocycles. The predicted molar refractivity (Wildman–Crippen MR) is 111 cm³/mol. The fourth-order valence-electron chi connectivity index (χ4n) is 4.76. The molecule has 1 aliphatic carbocycles. The van der Waals surface area contributed by atoms with Crippen LogP contribution in [-0.4, -0.2) is 44.9 Å². The Balaban J connectivity index is 1.31. The molecule has 3 aromatic heterocycles. The number of aromatic amines is 1. The molecule has 2 aliphatic rings. The van der Waals surface area contributed by atoms with Crippen molar-refractivity contribution in [1.82, 2.24) is 19.9 Å². The molecular weight excluding hydrogens is 370 g/mol.